The van der Waals surface area contributed by atoms with Crippen LogP contribution in [-0.4, -0.2) is 5.91 Å². The van der Waals surface area contributed by atoms with Crippen molar-refractivity contribution in [2.75, 3.05) is 5.32 Å². The lowest BCUT2D eigenvalue weighted by atomic mass is 9.21. The maximum Gasteiger partial charge on any atom is 0.231 e. The highest BCUT2D eigenvalue weighted by atomic mass is 35.5. The van der Waals surface area contributed by atoms with Gasteiger partial charge in [0.05, 0.1) is 16.1 Å². The predicted octanol–water partition coefficient (Wildman–Crippen LogP) is 4.76. The summed E-state index contributed by atoms with van der Waals surface area (Å²) in [6.45, 7) is 4.62. The molecule has 1 N–H and O–H groups in total. The molecule has 0 spiro atoms. The van der Waals surface area contributed by atoms with Crippen LogP contribution >= 0.6 is 23.2 Å². The van der Waals surface area contributed by atoms with Gasteiger partial charge in [-0.3, -0.25) is 4.79 Å². The van der Waals surface area contributed by atoms with E-state index in [0.717, 1.165) is 6.42 Å². The molecule has 1 aromatic carbocycles. The van der Waals surface area contributed by atoms with Crippen molar-refractivity contribution in [2.45, 2.75) is 33.1 Å². The van der Waals surface area contributed by atoms with Gasteiger partial charge in [-0.15, -0.1) is 0 Å². The Morgan fingerprint density at radius 3 is 2.70 bits per heavy atom. The normalized spacial score (nSPS) is 43.7. The van der Waals surface area contributed by atoms with Crippen molar-refractivity contribution in [3.05, 3.63) is 28.2 Å². The summed E-state index contributed by atoms with van der Waals surface area (Å²) in [4.78, 5) is 12.8. The highest BCUT2D eigenvalue weighted by Crippen LogP contribution is 2.93. The first-order valence-electron chi connectivity index (χ1n) is 7.12. The molecule has 5 saturated carbocycles. The average Bonchev–Trinajstić information content (AvgIpc) is 2.77. The van der Waals surface area contributed by atoms with Crippen LogP contribution in [0.4, 0.5) is 5.69 Å². The second-order valence-corrected chi connectivity index (χ2v) is 7.91. The van der Waals surface area contributed by atoms with E-state index in [9.17, 15) is 4.79 Å². The zero-order valence-corrected chi connectivity index (χ0v) is 13.1. The molecule has 20 heavy (non-hydrogen) atoms. The maximum atomic E-state index is 12.8. The van der Waals surface area contributed by atoms with Crippen LogP contribution < -0.4 is 5.32 Å². The molecule has 1 amide bonds. The quantitative estimate of drug-likeness (QED) is 0.838. The monoisotopic (exact) mass is 309 g/mol. The number of carbonyl (C=O) groups excluding carboxylic acids is 1. The van der Waals surface area contributed by atoms with Crippen molar-refractivity contribution in [2.24, 2.45) is 22.2 Å². The average molecular weight is 310 g/mol. The van der Waals surface area contributed by atoms with E-state index in [4.69, 9.17) is 23.2 Å². The summed E-state index contributed by atoms with van der Waals surface area (Å²) in [5, 5.41) is 4.15. The second-order valence-electron chi connectivity index (χ2n) is 7.07. The molecule has 0 radical (unpaired) electrons. The van der Waals surface area contributed by atoms with E-state index in [0.29, 0.717) is 27.1 Å². The standard InChI is InChI=1S/C16H17Cl2NO/c1-14-8-16(12(14)5-6-15(14,16)2)13(20)19-11-7-9(17)3-4-10(11)18/h3-4,7,12H,5-6,8H2,1-2H3,(H,19,20)/t12-,14-,15+,16+/m0/s1. The fraction of sp³-hybridized carbons (Fsp3) is 0.562. The zero-order chi connectivity index (χ0) is 14.3. The van der Waals surface area contributed by atoms with E-state index in [1.807, 2.05) is 0 Å². The Balaban J connectivity index is 1.63. The largest absolute Gasteiger partial charge is 0.324 e. The Morgan fingerprint density at radius 2 is 2.10 bits per heavy atom. The summed E-state index contributed by atoms with van der Waals surface area (Å²) in [7, 11) is 0. The van der Waals surface area contributed by atoms with Gasteiger partial charge in [0.15, 0.2) is 0 Å². The number of amides is 1. The zero-order valence-electron chi connectivity index (χ0n) is 11.6. The Morgan fingerprint density at radius 1 is 1.35 bits per heavy atom. The van der Waals surface area contributed by atoms with Crippen molar-refractivity contribution in [3.63, 3.8) is 0 Å². The number of nitrogens with one attached hydrogen (secondary N) is 1. The van der Waals surface area contributed by atoms with Crippen LogP contribution in [0.15, 0.2) is 18.2 Å². The topological polar surface area (TPSA) is 29.1 Å². The van der Waals surface area contributed by atoms with E-state index < -0.39 is 0 Å². The smallest absolute Gasteiger partial charge is 0.231 e. The molecule has 6 rings (SSSR count). The van der Waals surface area contributed by atoms with E-state index >= 15 is 0 Å². The highest BCUT2D eigenvalue weighted by molar-refractivity contribution is 6.35. The fourth-order valence-corrected chi connectivity index (χ4v) is 5.88. The highest BCUT2D eigenvalue weighted by Gasteiger charge is 2.91. The number of halogens is 2. The minimum Gasteiger partial charge on any atom is -0.324 e. The van der Waals surface area contributed by atoms with E-state index in [-0.39, 0.29) is 16.7 Å². The molecule has 0 aliphatic heterocycles. The molecule has 0 aromatic heterocycles. The molecular formula is C16H17Cl2NO. The van der Waals surface area contributed by atoms with Crippen LogP contribution in [0.5, 0.6) is 0 Å². The van der Waals surface area contributed by atoms with Crippen LogP contribution in [0.25, 0.3) is 0 Å². The Bertz CT molecular complexity index is 645. The van der Waals surface area contributed by atoms with Crippen LogP contribution in [-0.2, 0) is 4.79 Å². The SMILES string of the molecule is C[C@@]12CC[C@H]3[C@]1(C)C[C@]32C(=O)Nc1cc(Cl)ccc1Cl. The van der Waals surface area contributed by atoms with Crippen molar-refractivity contribution >= 4 is 34.8 Å². The first-order chi connectivity index (χ1) is 9.35. The van der Waals surface area contributed by atoms with Crippen LogP contribution in [0, 0.1) is 22.2 Å². The molecule has 0 heterocycles. The van der Waals surface area contributed by atoms with Gasteiger partial charge in [-0.2, -0.15) is 0 Å². The van der Waals surface area contributed by atoms with Gasteiger partial charge in [0.2, 0.25) is 5.91 Å². The van der Waals surface area contributed by atoms with Crippen LogP contribution in [0.3, 0.4) is 0 Å². The molecule has 1 aromatic rings. The fourth-order valence-electron chi connectivity index (χ4n) is 5.55. The predicted molar refractivity (Wildman–Crippen MR) is 81.1 cm³/mol. The Labute approximate surface area is 128 Å². The number of carbonyl (C=O) groups is 1. The van der Waals surface area contributed by atoms with Gasteiger partial charge in [-0.25, -0.2) is 0 Å². The second kappa shape index (κ2) is 3.53. The summed E-state index contributed by atoms with van der Waals surface area (Å²) >= 11 is 12.1. The minimum absolute atomic E-state index is 0.135. The van der Waals surface area contributed by atoms with E-state index in [1.165, 1.54) is 12.8 Å². The van der Waals surface area contributed by atoms with Gasteiger partial charge in [-0.05, 0) is 54.2 Å². The molecular weight excluding hydrogens is 293 g/mol. The first-order valence-corrected chi connectivity index (χ1v) is 7.87. The molecule has 4 heteroatoms. The van der Waals surface area contributed by atoms with Crippen LogP contribution in [0.2, 0.25) is 10.0 Å². The van der Waals surface area contributed by atoms with Gasteiger partial charge in [0, 0.05) is 5.02 Å². The Hall–Kier alpha value is -0.730. The summed E-state index contributed by atoms with van der Waals surface area (Å²) in [5.41, 5.74) is 1.04. The third-order valence-electron chi connectivity index (χ3n) is 6.77. The molecule has 106 valence electrons. The van der Waals surface area contributed by atoms with Crippen molar-refractivity contribution in [3.8, 4) is 0 Å². The molecule has 5 aliphatic carbocycles. The molecule has 4 atom stereocenters. The third-order valence-corrected chi connectivity index (χ3v) is 7.33. The molecule has 5 aliphatic rings. The lowest BCUT2D eigenvalue weighted by molar-refractivity contribution is -0.326. The first kappa shape index (κ1) is 13.0. The van der Waals surface area contributed by atoms with Gasteiger partial charge in [0.1, 0.15) is 0 Å². The van der Waals surface area contributed by atoms with Gasteiger partial charge >= 0.3 is 0 Å². The number of benzene rings is 1. The van der Waals surface area contributed by atoms with E-state index in [1.54, 1.807) is 18.2 Å². The van der Waals surface area contributed by atoms with Crippen molar-refractivity contribution in [1.82, 2.24) is 0 Å². The van der Waals surface area contributed by atoms with E-state index in [2.05, 4.69) is 19.2 Å². The maximum absolute atomic E-state index is 12.8. The number of fused-ring (bicyclic) bond motifs is 1. The number of rotatable bonds is 2. The van der Waals surface area contributed by atoms with Gasteiger partial charge < -0.3 is 5.32 Å². The number of hydrogen-bond acceptors (Lipinski definition) is 1. The minimum atomic E-state index is -0.159. The number of anilines is 1. The molecule has 2 nitrogen and oxygen atoms in total. The lowest BCUT2D eigenvalue weighted by Gasteiger charge is -2.81. The van der Waals surface area contributed by atoms with Gasteiger partial charge in [0.25, 0.3) is 0 Å². The third kappa shape index (κ3) is 1.11. The van der Waals surface area contributed by atoms with Crippen molar-refractivity contribution in [1.29, 1.82) is 0 Å². The molecule has 0 saturated heterocycles. The molecule has 0 unspecified atom stereocenters. The Kier molecular flexibility index (Phi) is 2.29. The summed E-state index contributed by atoms with van der Waals surface area (Å²) in [6.07, 6.45) is 3.37. The molecule has 5 fully saturated rings. The summed E-state index contributed by atoms with van der Waals surface area (Å²) < 4.78 is 0. The van der Waals surface area contributed by atoms with Gasteiger partial charge in [-0.1, -0.05) is 37.0 Å². The molecule has 4 bridgehead atoms. The summed E-state index contributed by atoms with van der Waals surface area (Å²) in [5.74, 6) is 0.688. The number of hydrogen-bond donors (Lipinski definition) is 1. The lowest BCUT2D eigenvalue weighted by Crippen LogP contribution is -2.81. The van der Waals surface area contributed by atoms with Crippen LogP contribution in [0.1, 0.15) is 33.1 Å². The summed E-state index contributed by atoms with van der Waals surface area (Å²) in [6, 6.07) is 5.17. The van der Waals surface area contributed by atoms with Crippen molar-refractivity contribution < 1.29 is 4.79 Å².